The molecule has 0 fully saturated rings. The van der Waals surface area contributed by atoms with E-state index in [1.54, 1.807) is 0 Å². The summed E-state index contributed by atoms with van der Waals surface area (Å²) in [6.07, 6.45) is 0. The lowest BCUT2D eigenvalue weighted by molar-refractivity contribution is -0.159. The first-order chi connectivity index (χ1) is 7.00. The van der Waals surface area contributed by atoms with Gasteiger partial charge in [0.2, 0.25) is 0 Å². The number of alkyl halides is 2. The van der Waals surface area contributed by atoms with Gasteiger partial charge in [-0.15, -0.1) is 11.3 Å². The highest BCUT2D eigenvalue weighted by molar-refractivity contribution is 7.89. The molecule has 0 amide bonds. The van der Waals surface area contributed by atoms with Crippen LogP contribution in [0.5, 0.6) is 0 Å². The molecule has 0 N–H and O–H groups in total. The van der Waals surface area contributed by atoms with E-state index in [2.05, 4.69) is 4.74 Å². The number of ether oxygens (including phenoxy) is 1. The molecule has 3 nitrogen and oxygen atoms in total. The molecule has 84 valence electrons. The maximum absolute atomic E-state index is 13.2. The van der Waals surface area contributed by atoms with Crippen LogP contribution >= 0.6 is 11.3 Å². The summed E-state index contributed by atoms with van der Waals surface area (Å²) in [5.41, 5.74) is 0. The van der Waals surface area contributed by atoms with Crippen LogP contribution in [0.4, 0.5) is 8.78 Å². The van der Waals surface area contributed by atoms with E-state index < -0.39 is 22.0 Å². The molecule has 0 saturated carbocycles. The first-order valence-corrected chi connectivity index (χ1v) is 6.03. The van der Waals surface area contributed by atoms with Crippen molar-refractivity contribution < 1.29 is 22.5 Å². The first kappa shape index (κ1) is 12.3. The van der Waals surface area contributed by atoms with Crippen LogP contribution in [0.1, 0.15) is 6.92 Å². The SMILES string of the molecule is CCOC(=O)C(F)(F)S(=O)c1cccs1. The van der Waals surface area contributed by atoms with E-state index in [0.29, 0.717) is 0 Å². The Labute approximate surface area is 91.5 Å². The molecule has 1 aromatic heterocycles. The third-order valence-corrected chi connectivity index (χ3v) is 3.96. The Morgan fingerprint density at radius 3 is 2.80 bits per heavy atom. The highest BCUT2D eigenvalue weighted by atomic mass is 32.2. The first-order valence-electron chi connectivity index (χ1n) is 4.00. The van der Waals surface area contributed by atoms with Crippen LogP contribution in [-0.2, 0) is 20.3 Å². The van der Waals surface area contributed by atoms with Crippen LogP contribution in [0.2, 0.25) is 0 Å². The predicted octanol–water partition coefficient (Wildman–Crippen LogP) is 2.01. The number of esters is 1. The fourth-order valence-corrected chi connectivity index (χ4v) is 2.73. The molecule has 1 unspecified atom stereocenters. The Morgan fingerprint density at radius 2 is 2.33 bits per heavy atom. The van der Waals surface area contributed by atoms with E-state index in [1.807, 2.05) is 0 Å². The standard InChI is InChI=1S/C8H8F2O3S2/c1-2-13-7(11)8(9,10)15(12)6-4-3-5-14-6/h3-5H,2H2,1H3. The van der Waals surface area contributed by atoms with Crippen LogP contribution < -0.4 is 0 Å². The third kappa shape index (κ3) is 2.60. The number of carbonyl (C=O) groups is 1. The van der Waals surface area contributed by atoms with Crippen molar-refractivity contribution in [3.8, 4) is 0 Å². The van der Waals surface area contributed by atoms with Gasteiger partial charge in [0.1, 0.15) is 10.8 Å². The van der Waals surface area contributed by atoms with Gasteiger partial charge in [0, 0.05) is 0 Å². The summed E-state index contributed by atoms with van der Waals surface area (Å²) in [6.45, 7) is 1.23. The van der Waals surface area contributed by atoms with E-state index in [-0.39, 0.29) is 10.8 Å². The second kappa shape index (κ2) is 4.80. The topological polar surface area (TPSA) is 43.4 Å². The number of carbonyl (C=O) groups excluding carboxylic acids is 1. The molecule has 1 heterocycles. The van der Waals surface area contributed by atoms with Gasteiger partial charge in [-0.05, 0) is 18.4 Å². The summed E-state index contributed by atoms with van der Waals surface area (Å²) >= 11 is 0.905. The van der Waals surface area contributed by atoms with Crippen molar-refractivity contribution in [1.82, 2.24) is 0 Å². The Hall–Kier alpha value is -0.820. The minimum absolute atomic E-state index is 0.0481. The molecular weight excluding hydrogens is 246 g/mol. The van der Waals surface area contributed by atoms with E-state index in [0.717, 1.165) is 11.3 Å². The average molecular weight is 254 g/mol. The van der Waals surface area contributed by atoms with Gasteiger partial charge in [-0.3, -0.25) is 0 Å². The van der Waals surface area contributed by atoms with Crippen LogP contribution in [0.15, 0.2) is 21.7 Å². The maximum atomic E-state index is 13.2. The fraction of sp³-hybridized carbons (Fsp3) is 0.375. The van der Waals surface area contributed by atoms with Crippen molar-refractivity contribution >= 4 is 28.1 Å². The summed E-state index contributed by atoms with van der Waals surface area (Å²) in [6, 6.07) is 2.77. The Balaban J connectivity index is 2.86. The van der Waals surface area contributed by atoms with Gasteiger partial charge in [0.25, 0.3) is 0 Å². The van der Waals surface area contributed by atoms with Gasteiger partial charge < -0.3 is 4.74 Å². The monoisotopic (exact) mass is 254 g/mol. The molecule has 0 aromatic carbocycles. The van der Waals surface area contributed by atoms with Crippen LogP contribution in [0, 0.1) is 0 Å². The lowest BCUT2D eigenvalue weighted by Gasteiger charge is -2.12. The number of hydrogen-bond acceptors (Lipinski definition) is 4. The summed E-state index contributed by atoms with van der Waals surface area (Å²) in [5, 5.41) is -2.48. The zero-order valence-electron chi connectivity index (χ0n) is 7.74. The number of hydrogen-bond donors (Lipinski definition) is 0. The lowest BCUT2D eigenvalue weighted by atomic mass is 10.7. The molecule has 0 aliphatic rings. The molecule has 1 aromatic rings. The molecule has 0 spiro atoms. The Bertz CT molecular complexity index is 362. The van der Waals surface area contributed by atoms with Crippen LogP contribution in [0.3, 0.4) is 0 Å². The molecule has 0 radical (unpaired) electrons. The zero-order valence-corrected chi connectivity index (χ0v) is 9.37. The minimum atomic E-state index is -3.99. The molecule has 0 aliphatic carbocycles. The highest BCUT2D eigenvalue weighted by Crippen LogP contribution is 2.28. The number of halogens is 2. The van der Waals surface area contributed by atoms with Gasteiger partial charge in [0.15, 0.2) is 0 Å². The summed E-state index contributed by atoms with van der Waals surface area (Å²) in [5.74, 6) is -1.75. The van der Waals surface area contributed by atoms with Gasteiger partial charge in [0.05, 0.1) is 10.8 Å². The van der Waals surface area contributed by atoms with E-state index in [4.69, 9.17) is 0 Å². The normalized spacial score (nSPS) is 13.5. The minimum Gasteiger partial charge on any atom is -0.461 e. The van der Waals surface area contributed by atoms with E-state index in [9.17, 15) is 17.8 Å². The number of thiophene rings is 1. The van der Waals surface area contributed by atoms with Crippen LogP contribution in [-0.4, -0.2) is 22.0 Å². The summed E-state index contributed by atoms with van der Waals surface area (Å²) in [7, 11) is -2.68. The van der Waals surface area contributed by atoms with Crippen molar-refractivity contribution in [1.29, 1.82) is 0 Å². The maximum Gasteiger partial charge on any atom is 0.420 e. The predicted molar refractivity (Wildman–Crippen MR) is 52.3 cm³/mol. The second-order valence-electron chi connectivity index (χ2n) is 2.44. The third-order valence-electron chi connectivity index (χ3n) is 1.42. The zero-order chi connectivity index (χ0) is 11.5. The summed E-state index contributed by atoms with van der Waals surface area (Å²) < 4.78 is 41.8. The van der Waals surface area contributed by atoms with Gasteiger partial charge in [-0.1, -0.05) is 6.07 Å². The Morgan fingerprint density at radius 1 is 1.67 bits per heavy atom. The Kier molecular flexibility index (Phi) is 3.92. The van der Waals surface area contributed by atoms with Gasteiger partial charge in [-0.25, -0.2) is 9.00 Å². The van der Waals surface area contributed by atoms with Gasteiger partial charge in [-0.2, -0.15) is 8.78 Å². The van der Waals surface area contributed by atoms with Crippen molar-refractivity contribution in [2.75, 3.05) is 6.61 Å². The van der Waals surface area contributed by atoms with E-state index >= 15 is 0 Å². The largest absolute Gasteiger partial charge is 0.461 e. The van der Waals surface area contributed by atoms with Crippen molar-refractivity contribution in [3.63, 3.8) is 0 Å². The van der Waals surface area contributed by atoms with Crippen molar-refractivity contribution in [2.24, 2.45) is 0 Å². The second-order valence-corrected chi connectivity index (χ2v) is 5.13. The molecule has 0 bridgehead atoms. The fourth-order valence-electron chi connectivity index (χ4n) is 0.786. The molecule has 7 heteroatoms. The van der Waals surface area contributed by atoms with Crippen molar-refractivity contribution in [3.05, 3.63) is 17.5 Å². The molecule has 0 aliphatic heterocycles. The highest BCUT2D eigenvalue weighted by Gasteiger charge is 2.48. The smallest absolute Gasteiger partial charge is 0.420 e. The molecule has 0 saturated heterocycles. The van der Waals surface area contributed by atoms with Gasteiger partial charge >= 0.3 is 11.2 Å². The summed E-state index contributed by atoms with van der Waals surface area (Å²) in [4.78, 5) is 10.8. The molecule has 1 rings (SSSR count). The lowest BCUT2D eigenvalue weighted by Crippen LogP contribution is -2.35. The molecule has 1 atom stereocenters. The molecule has 15 heavy (non-hydrogen) atoms. The quantitative estimate of drug-likeness (QED) is 0.772. The molecular formula is C8H8F2O3S2. The van der Waals surface area contributed by atoms with Crippen LogP contribution in [0.25, 0.3) is 0 Å². The number of rotatable bonds is 4. The average Bonchev–Trinajstić information content (AvgIpc) is 2.69. The van der Waals surface area contributed by atoms with E-state index in [1.165, 1.54) is 24.4 Å². The van der Waals surface area contributed by atoms with Crippen molar-refractivity contribution in [2.45, 2.75) is 16.4 Å².